The summed E-state index contributed by atoms with van der Waals surface area (Å²) in [5.74, 6) is 1.22. The van der Waals surface area contributed by atoms with Crippen LogP contribution in [0.3, 0.4) is 0 Å². The number of morpholine rings is 1. The van der Waals surface area contributed by atoms with Gasteiger partial charge in [-0.15, -0.1) is 0 Å². The number of pyridine rings is 1. The van der Waals surface area contributed by atoms with Gasteiger partial charge < -0.3 is 20.3 Å². The summed E-state index contributed by atoms with van der Waals surface area (Å²) >= 11 is 0. The number of hydrogen-bond acceptors (Lipinski definition) is 5. The van der Waals surface area contributed by atoms with E-state index in [2.05, 4.69) is 48.0 Å². The monoisotopic (exact) mass is 430 g/mol. The Kier molecular flexibility index (Phi) is 5.47. The number of nitrogens with two attached hydrogens (primary N) is 1. The van der Waals surface area contributed by atoms with Gasteiger partial charge in [-0.2, -0.15) is 0 Å². The molecule has 6 nitrogen and oxygen atoms in total. The molecule has 2 aromatic carbocycles. The van der Waals surface area contributed by atoms with Gasteiger partial charge in [-0.1, -0.05) is 25.1 Å². The Morgan fingerprint density at radius 3 is 2.69 bits per heavy atom. The smallest absolute Gasteiger partial charge is 0.254 e. The number of nitrogens with zero attached hydrogens (tertiary/aromatic N) is 3. The van der Waals surface area contributed by atoms with Crippen LogP contribution in [0.4, 0.5) is 11.5 Å². The molecule has 0 bridgehead atoms. The van der Waals surface area contributed by atoms with Crippen LogP contribution in [0.1, 0.15) is 29.3 Å². The molecule has 0 spiro atoms. The van der Waals surface area contributed by atoms with Crippen molar-refractivity contribution in [3.05, 3.63) is 53.6 Å². The lowest BCUT2D eigenvalue weighted by Gasteiger charge is -2.29. The molecule has 1 atom stereocenters. The van der Waals surface area contributed by atoms with Crippen molar-refractivity contribution in [3.63, 3.8) is 0 Å². The predicted octanol–water partition coefficient (Wildman–Crippen LogP) is 4.11. The fourth-order valence-electron chi connectivity index (χ4n) is 4.91. The number of ether oxygens (including phenoxy) is 1. The van der Waals surface area contributed by atoms with Gasteiger partial charge in [-0.3, -0.25) is 4.79 Å². The lowest BCUT2D eigenvalue weighted by atomic mass is 9.93. The van der Waals surface area contributed by atoms with Crippen molar-refractivity contribution in [3.8, 4) is 11.1 Å². The quantitative estimate of drug-likeness (QED) is 0.677. The Balaban J connectivity index is 1.57. The van der Waals surface area contributed by atoms with E-state index in [1.807, 2.05) is 23.1 Å². The van der Waals surface area contributed by atoms with Crippen LogP contribution in [-0.2, 0) is 4.74 Å². The summed E-state index contributed by atoms with van der Waals surface area (Å²) in [7, 11) is 0. The number of nitrogen functional groups attached to an aromatic ring is 1. The van der Waals surface area contributed by atoms with Crippen LogP contribution >= 0.6 is 0 Å². The van der Waals surface area contributed by atoms with Gasteiger partial charge in [0.15, 0.2) is 0 Å². The second-order valence-electron chi connectivity index (χ2n) is 9.04. The molecule has 1 unspecified atom stereocenters. The zero-order valence-electron chi connectivity index (χ0n) is 18.8. The van der Waals surface area contributed by atoms with Crippen molar-refractivity contribution in [2.45, 2.75) is 20.3 Å². The number of hydrogen-bond donors (Lipinski definition) is 1. The zero-order chi connectivity index (χ0) is 22.2. The van der Waals surface area contributed by atoms with E-state index in [1.54, 1.807) is 0 Å². The maximum absolute atomic E-state index is 13.4. The number of carbonyl (C=O) groups is 1. The molecule has 32 heavy (non-hydrogen) atoms. The number of anilines is 2. The number of benzene rings is 2. The van der Waals surface area contributed by atoms with Gasteiger partial charge >= 0.3 is 0 Å². The van der Waals surface area contributed by atoms with E-state index >= 15 is 0 Å². The lowest BCUT2D eigenvalue weighted by Crippen LogP contribution is -2.36. The fraction of sp³-hybridized carbons (Fsp3) is 0.385. The van der Waals surface area contributed by atoms with Crippen molar-refractivity contribution < 1.29 is 9.53 Å². The van der Waals surface area contributed by atoms with Crippen LogP contribution in [0, 0.1) is 12.8 Å². The van der Waals surface area contributed by atoms with Gasteiger partial charge in [0.1, 0.15) is 5.82 Å². The molecule has 2 saturated heterocycles. The number of amides is 1. The maximum Gasteiger partial charge on any atom is 0.254 e. The Labute approximate surface area is 189 Å². The van der Waals surface area contributed by atoms with E-state index in [0.717, 1.165) is 71.4 Å². The second kappa shape index (κ2) is 8.43. The first-order chi connectivity index (χ1) is 15.5. The Morgan fingerprint density at radius 2 is 1.94 bits per heavy atom. The summed E-state index contributed by atoms with van der Waals surface area (Å²) in [4.78, 5) is 22.3. The summed E-state index contributed by atoms with van der Waals surface area (Å²) in [6, 6.07) is 14.3. The number of carbonyl (C=O) groups excluding carboxylic acids is 1. The summed E-state index contributed by atoms with van der Waals surface area (Å²) in [6.07, 6.45) is 1.07. The maximum atomic E-state index is 13.4. The summed E-state index contributed by atoms with van der Waals surface area (Å²) in [6.45, 7) is 8.95. The molecular weight excluding hydrogens is 400 g/mol. The largest absolute Gasteiger partial charge is 0.382 e. The standard InChI is InChI=1S/C26H30N4O2/c1-17-8-9-30(16-17)26(31)21-5-3-4-18(2)24(21)19-6-7-22-20(14-19)15-23(25(27)28-22)29-10-12-32-13-11-29/h3-7,14-15,17H,8-13,16H2,1-2H3,(H2,27,28). The van der Waals surface area contributed by atoms with E-state index in [-0.39, 0.29) is 5.91 Å². The highest BCUT2D eigenvalue weighted by atomic mass is 16.5. The lowest BCUT2D eigenvalue weighted by molar-refractivity contribution is 0.0788. The first kappa shape index (κ1) is 20.8. The molecule has 2 aliphatic heterocycles. The van der Waals surface area contributed by atoms with Crippen molar-refractivity contribution in [1.29, 1.82) is 0 Å². The molecule has 3 heterocycles. The van der Waals surface area contributed by atoms with Crippen LogP contribution < -0.4 is 10.6 Å². The first-order valence-electron chi connectivity index (χ1n) is 11.4. The average Bonchev–Trinajstić information content (AvgIpc) is 3.24. The minimum absolute atomic E-state index is 0.123. The Morgan fingerprint density at radius 1 is 1.12 bits per heavy atom. The van der Waals surface area contributed by atoms with Crippen LogP contribution in [0.15, 0.2) is 42.5 Å². The van der Waals surface area contributed by atoms with Crippen LogP contribution in [0.25, 0.3) is 22.0 Å². The molecule has 2 aliphatic rings. The van der Waals surface area contributed by atoms with Crippen molar-refractivity contribution in [1.82, 2.24) is 9.88 Å². The topological polar surface area (TPSA) is 71.7 Å². The van der Waals surface area contributed by atoms with Gasteiger partial charge in [0.2, 0.25) is 0 Å². The van der Waals surface area contributed by atoms with E-state index in [4.69, 9.17) is 10.5 Å². The third kappa shape index (κ3) is 3.79. The molecule has 5 rings (SSSR count). The molecule has 3 aromatic rings. The molecule has 0 aliphatic carbocycles. The molecule has 2 fully saturated rings. The minimum Gasteiger partial charge on any atom is -0.382 e. The molecule has 2 N–H and O–H groups in total. The van der Waals surface area contributed by atoms with Gasteiger partial charge in [0.05, 0.1) is 24.4 Å². The third-order valence-corrected chi connectivity index (χ3v) is 6.68. The molecule has 1 amide bonds. The summed E-state index contributed by atoms with van der Waals surface area (Å²) in [5.41, 5.74) is 12.0. The van der Waals surface area contributed by atoms with Crippen molar-refractivity contribution in [2.75, 3.05) is 50.0 Å². The number of likely N-dealkylation sites (tertiary alicyclic amines) is 1. The molecular formula is C26H30N4O2. The van der Waals surface area contributed by atoms with E-state index in [0.29, 0.717) is 24.9 Å². The molecule has 0 radical (unpaired) electrons. The van der Waals surface area contributed by atoms with Gasteiger partial charge in [0, 0.05) is 37.1 Å². The highest BCUT2D eigenvalue weighted by molar-refractivity contribution is 6.03. The fourth-order valence-corrected chi connectivity index (χ4v) is 4.91. The highest BCUT2D eigenvalue weighted by Gasteiger charge is 2.26. The second-order valence-corrected chi connectivity index (χ2v) is 9.04. The number of fused-ring (bicyclic) bond motifs is 1. The first-order valence-corrected chi connectivity index (χ1v) is 11.4. The van der Waals surface area contributed by atoms with E-state index in [1.165, 1.54) is 0 Å². The Bertz CT molecular complexity index is 1170. The van der Waals surface area contributed by atoms with Crippen LogP contribution in [-0.4, -0.2) is 55.2 Å². The zero-order valence-corrected chi connectivity index (χ0v) is 18.8. The molecule has 6 heteroatoms. The van der Waals surface area contributed by atoms with Gasteiger partial charge in [0.25, 0.3) is 5.91 Å². The van der Waals surface area contributed by atoms with Gasteiger partial charge in [-0.05, 0) is 60.2 Å². The SMILES string of the molecule is Cc1cccc(C(=O)N2CCC(C)C2)c1-c1ccc2nc(N)c(N3CCOCC3)cc2c1. The number of aromatic nitrogens is 1. The predicted molar refractivity (Wildman–Crippen MR) is 129 cm³/mol. The summed E-state index contributed by atoms with van der Waals surface area (Å²) in [5, 5.41) is 1.02. The molecule has 0 saturated carbocycles. The van der Waals surface area contributed by atoms with Crippen molar-refractivity contribution in [2.24, 2.45) is 5.92 Å². The number of aryl methyl sites for hydroxylation is 1. The highest BCUT2D eigenvalue weighted by Crippen LogP contribution is 2.34. The number of rotatable bonds is 3. The minimum atomic E-state index is 0.123. The molecule has 166 valence electrons. The third-order valence-electron chi connectivity index (χ3n) is 6.68. The normalized spacial score (nSPS) is 19.0. The molecule has 1 aromatic heterocycles. The van der Waals surface area contributed by atoms with Gasteiger partial charge in [-0.25, -0.2) is 4.98 Å². The Hall–Kier alpha value is -3.12. The average molecular weight is 431 g/mol. The van der Waals surface area contributed by atoms with E-state index in [9.17, 15) is 4.79 Å². The van der Waals surface area contributed by atoms with Crippen LogP contribution in [0.5, 0.6) is 0 Å². The summed E-state index contributed by atoms with van der Waals surface area (Å²) < 4.78 is 5.48. The van der Waals surface area contributed by atoms with Crippen molar-refractivity contribution >= 4 is 28.3 Å². The van der Waals surface area contributed by atoms with Crippen LogP contribution in [0.2, 0.25) is 0 Å². The van der Waals surface area contributed by atoms with E-state index < -0.39 is 0 Å².